The Morgan fingerprint density at radius 2 is 2.13 bits per heavy atom. The van der Waals surface area contributed by atoms with Gasteiger partial charge in [-0.2, -0.15) is 5.26 Å². The first-order chi connectivity index (χ1) is 6.90. The summed E-state index contributed by atoms with van der Waals surface area (Å²) in [6, 6.07) is 4.64. The van der Waals surface area contributed by atoms with E-state index in [4.69, 9.17) is 21.1 Å². The molecule has 0 aliphatic carbocycles. The van der Waals surface area contributed by atoms with E-state index in [0.717, 1.165) is 0 Å². The lowest BCUT2D eigenvalue weighted by atomic mass is 10.1. The standard InChI is InChI=1S/C9H8ClNO3S/c1-6-2-7(4-11)8(5-12)9(3-6)15(10,13)14/h2-3,12H,5H2,1H3. The van der Waals surface area contributed by atoms with Crippen LogP contribution in [0.2, 0.25) is 0 Å². The average Bonchev–Trinajstić information content (AvgIpc) is 2.15. The lowest BCUT2D eigenvalue weighted by Gasteiger charge is -2.07. The summed E-state index contributed by atoms with van der Waals surface area (Å²) < 4.78 is 22.4. The molecule has 0 aliphatic rings. The van der Waals surface area contributed by atoms with Crippen LogP contribution in [0.4, 0.5) is 0 Å². The Morgan fingerprint density at radius 3 is 2.53 bits per heavy atom. The molecule has 0 saturated heterocycles. The van der Waals surface area contributed by atoms with E-state index in [0.29, 0.717) is 5.56 Å². The summed E-state index contributed by atoms with van der Waals surface area (Å²) in [5.41, 5.74) is 0.762. The monoisotopic (exact) mass is 245 g/mol. The predicted molar refractivity (Wildman–Crippen MR) is 54.9 cm³/mol. The quantitative estimate of drug-likeness (QED) is 0.797. The molecule has 15 heavy (non-hydrogen) atoms. The molecule has 0 heterocycles. The lowest BCUT2D eigenvalue weighted by Crippen LogP contribution is -2.02. The highest BCUT2D eigenvalue weighted by molar-refractivity contribution is 8.13. The van der Waals surface area contributed by atoms with Gasteiger partial charge in [0.05, 0.1) is 23.1 Å². The smallest absolute Gasteiger partial charge is 0.261 e. The van der Waals surface area contributed by atoms with Gasteiger partial charge in [-0.3, -0.25) is 0 Å². The molecule has 0 fully saturated rings. The van der Waals surface area contributed by atoms with E-state index >= 15 is 0 Å². The summed E-state index contributed by atoms with van der Waals surface area (Å²) in [6.07, 6.45) is 0. The molecule has 0 aromatic heterocycles. The normalized spacial score (nSPS) is 11.1. The van der Waals surface area contributed by atoms with Crippen molar-refractivity contribution in [2.45, 2.75) is 18.4 Å². The Labute approximate surface area is 92.1 Å². The highest BCUT2D eigenvalue weighted by atomic mass is 35.7. The summed E-state index contributed by atoms with van der Waals surface area (Å²) in [4.78, 5) is -0.205. The molecule has 0 amide bonds. The third-order valence-corrected chi connectivity index (χ3v) is 3.28. The van der Waals surface area contributed by atoms with Crippen molar-refractivity contribution in [1.82, 2.24) is 0 Å². The molecular formula is C9H8ClNO3S. The number of nitriles is 1. The van der Waals surface area contributed by atoms with Crippen molar-refractivity contribution in [2.24, 2.45) is 0 Å². The van der Waals surface area contributed by atoms with Crippen molar-refractivity contribution < 1.29 is 13.5 Å². The first-order valence-electron chi connectivity index (χ1n) is 3.99. The van der Waals surface area contributed by atoms with Gasteiger partial charge in [-0.25, -0.2) is 8.42 Å². The highest BCUT2D eigenvalue weighted by Crippen LogP contribution is 2.24. The second-order valence-corrected chi connectivity index (χ2v) is 5.53. The van der Waals surface area contributed by atoms with E-state index in [-0.39, 0.29) is 16.0 Å². The second kappa shape index (κ2) is 4.19. The van der Waals surface area contributed by atoms with Crippen LogP contribution in [-0.2, 0) is 15.7 Å². The zero-order chi connectivity index (χ0) is 11.6. The molecule has 80 valence electrons. The number of hydrogen-bond acceptors (Lipinski definition) is 4. The van der Waals surface area contributed by atoms with Crippen molar-refractivity contribution in [3.8, 4) is 6.07 Å². The van der Waals surface area contributed by atoms with Crippen LogP contribution < -0.4 is 0 Å². The van der Waals surface area contributed by atoms with Crippen LogP contribution in [0.15, 0.2) is 17.0 Å². The van der Waals surface area contributed by atoms with Crippen LogP contribution in [0.3, 0.4) is 0 Å². The molecule has 0 radical (unpaired) electrons. The lowest BCUT2D eigenvalue weighted by molar-refractivity contribution is 0.278. The van der Waals surface area contributed by atoms with Gasteiger partial charge in [0.15, 0.2) is 0 Å². The maximum atomic E-state index is 11.2. The second-order valence-electron chi connectivity index (χ2n) is 3.00. The van der Waals surface area contributed by atoms with Crippen LogP contribution in [0.25, 0.3) is 0 Å². The fourth-order valence-electron chi connectivity index (χ4n) is 1.26. The molecule has 0 saturated carbocycles. The molecule has 0 atom stereocenters. The Balaban J connectivity index is 3.66. The van der Waals surface area contributed by atoms with Gasteiger partial charge < -0.3 is 5.11 Å². The largest absolute Gasteiger partial charge is 0.392 e. The number of aliphatic hydroxyl groups excluding tert-OH is 1. The molecule has 6 heteroatoms. The number of rotatable bonds is 2. The van der Waals surface area contributed by atoms with Gasteiger partial charge in [-0.05, 0) is 24.6 Å². The zero-order valence-corrected chi connectivity index (χ0v) is 9.43. The summed E-state index contributed by atoms with van der Waals surface area (Å²) in [5, 5.41) is 17.8. The predicted octanol–water partition coefficient (Wildman–Crippen LogP) is 1.29. The molecule has 0 spiro atoms. The summed E-state index contributed by atoms with van der Waals surface area (Å²) in [6.45, 7) is 1.11. The Hall–Kier alpha value is -1.09. The van der Waals surface area contributed by atoms with E-state index in [9.17, 15) is 8.42 Å². The first-order valence-corrected chi connectivity index (χ1v) is 6.30. The van der Waals surface area contributed by atoms with Crippen molar-refractivity contribution in [1.29, 1.82) is 5.26 Å². The van der Waals surface area contributed by atoms with Gasteiger partial charge in [0.2, 0.25) is 0 Å². The first kappa shape index (κ1) is 12.0. The number of nitrogens with zero attached hydrogens (tertiary/aromatic N) is 1. The maximum absolute atomic E-state index is 11.2. The topological polar surface area (TPSA) is 78.2 Å². The van der Waals surface area contributed by atoms with E-state index in [1.54, 1.807) is 6.92 Å². The van der Waals surface area contributed by atoms with Crippen LogP contribution in [-0.4, -0.2) is 13.5 Å². The van der Waals surface area contributed by atoms with Gasteiger partial charge in [-0.1, -0.05) is 0 Å². The fourth-order valence-corrected chi connectivity index (χ4v) is 2.47. The molecule has 1 aromatic carbocycles. The molecule has 4 nitrogen and oxygen atoms in total. The van der Waals surface area contributed by atoms with E-state index < -0.39 is 15.7 Å². The SMILES string of the molecule is Cc1cc(C#N)c(CO)c(S(=O)(=O)Cl)c1. The summed E-state index contributed by atoms with van der Waals surface area (Å²) >= 11 is 0. The fraction of sp³-hybridized carbons (Fsp3) is 0.222. The zero-order valence-electron chi connectivity index (χ0n) is 7.86. The third-order valence-electron chi connectivity index (χ3n) is 1.89. The third kappa shape index (κ3) is 2.48. The Bertz CT molecular complexity index is 531. The molecule has 1 N–H and O–H groups in total. The molecule has 0 bridgehead atoms. The minimum Gasteiger partial charge on any atom is -0.392 e. The van der Waals surface area contributed by atoms with E-state index in [2.05, 4.69) is 0 Å². The van der Waals surface area contributed by atoms with Gasteiger partial charge in [0.25, 0.3) is 9.05 Å². The van der Waals surface area contributed by atoms with Gasteiger partial charge >= 0.3 is 0 Å². The number of aryl methyl sites for hydroxylation is 1. The average molecular weight is 246 g/mol. The van der Waals surface area contributed by atoms with E-state index in [1.165, 1.54) is 12.1 Å². The number of aliphatic hydroxyl groups is 1. The molecular weight excluding hydrogens is 238 g/mol. The van der Waals surface area contributed by atoms with Gasteiger partial charge in [-0.15, -0.1) is 0 Å². The number of benzene rings is 1. The van der Waals surface area contributed by atoms with Crippen molar-refractivity contribution in [3.05, 3.63) is 28.8 Å². The molecule has 0 unspecified atom stereocenters. The van der Waals surface area contributed by atoms with Crippen LogP contribution >= 0.6 is 10.7 Å². The van der Waals surface area contributed by atoms with Crippen LogP contribution in [0.1, 0.15) is 16.7 Å². The van der Waals surface area contributed by atoms with E-state index in [1.807, 2.05) is 6.07 Å². The van der Waals surface area contributed by atoms with Crippen LogP contribution in [0.5, 0.6) is 0 Å². The van der Waals surface area contributed by atoms with Gasteiger partial charge in [0, 0.05) is 16.2 Å². The van der Waals surface area contributed by atoms with Gasteiger partial charge in [0.1, 0.15) is 0 Å². The molecule has 0 aliphatic heterocycles. The number of hydrogen-bond donors (Lipinski definition) is 1. The molecule has 1 aromatic rings. The minimum absolute atomic E-state index is 0.0399. The maximum Gasteiger partial charge on any atom is 0.261 e. The van der Waals surface area contributed by atoms with Crippen molar-refractivity contribution in [3.63, 3.8) is 0 Å². The van der Waals surface area contributed by atoms with Crippen LogP contribution in [0, 0.1) is 18.3 Å². The highest BCUT2D eigenvalue weighted by Gasteiger charge is 2.18. The van der Waals surface area contributed by atoms with Crippen molar-refractivity contribution in [2.75, 3.05) is 0 Å². The molecule has 1 rings (SSSR count). The summed E-state index contributed by atoms with van der Waals surface area (Å²) in [5.74, 6) is 0. The summed E-state index contributed by atoms with van der Waals surface area (Å²) in [7, 11) is 1.26. The number of halogens is 1. The minimum atomic E-state index is -3.94. The van der Waals surface area contributed by atoms with Crippen molar-refractivity contribution >= 4 is 19.7 Å². The Kier molecular flexibility index (Phi) is 3.35. The Morgan fingerprint density at radius 1 is 1.53 bits per heavy atom.